The van der Waals surface area contributed by atoms with Gasteiger partial charge in [-0.15, -0.1) is 0 Å². The topological polar surface area (TPSA) is 61.6 Å². The highest BCUT2D eigenvalue weighted by atomic mass is 16.3. The number of nitrogens with one attached hydrogen (secondary N) is 1. The molecule has 2 aromatic heterocycles. The van der Waals surface area contributed by atoms with Crippen molar-refractivity contribution >= 4 is 17.4 Å². The number of rotatable bonds is 6. The van der Waals surface area contributed by atoms with E-state index in [0.717, 1.165) is 30.9 Å². The van der Waals surface area contributed by atoms with Crippen LogP contribution in [0.4, 0.5) is 11.5 Å². The van der Waals surface area contributed by atoms with Gasteiger partial charge in [-0.1, -0.05) is 18.2 Å². The molecule has 5 rings (SSSR count). The zero-order chi connectivity index (χ0) is 21.9. The molecule has 0 spiro atoms. The molecule has 1 unspecified atom stereocenters. The van der Waals surface area contributed by atoms with Crippen LogP contribution in [0.3, 0.4) is 0 Å². The van der Waals surface area contributed by atoms with Crippen LogP contribution in [0.1, 0.15) is 53.4 Å². The Labute approximate surface area is 189 Å². The minimum Gasteiger partial charge on any atom is -0.467 e. The van der Waals surface area contributed by atoms with Gasteiger partial charge in [0.1, 0.15) is 11.6 Å². The lowest BCUT2D eigenvalue weighted by Gasteiger charge is -2.27. The SMILES string of the molecule is CC1Cc2ccccc2N1Cc1occc1C(=O)NCc1ccnc(N2CCCCC2)c1. The largest absolute Gasteiger partial charge is 0.467 e. The van der Waals surface area contributed by atoms with Crippen molar-refractivity contribution < 1.29 is 9.21 Å². The van der Waals surface area contributed by atoms with Crippen molar-refractivity contribution in [2.45, 2.75) is 51.7 Å². The van der Waals surface area contributed by atoms with E-state index in [9.17, 15) is 4.79 Å². The van der Waals surface area contributed by atoms with Gasteiger partial charge in [0.25, 0.3) is 5.91 Å². The first-order valence-corrected chi connectivity index (χ1v) is 11.6. The maximum atomic E-state index is 13.0. The van der Waals surface area contributed by atoms with Crippen LogP contribution in [-0.4, -0.2) is 30.0 Å². The number of hydrogen-bond acceptors (Lipinski definition) is 5. The predicted octanol–water partition coefficient (Wildman–Crippen LogP) is 4.55. The fourth-order valence-corrected chi connectivity index (χ4v) is 4.83. The van der Waals surface area contributed by atoms with Crippen LogP contribution >= 0.6 is 0 Å². The lowest BCUT2D eigenvalue weighted by Crippen LogP contribution is -2.31. The van der Waals surface area contributed by atoms with Gasteiger partial charge in [-0.2, -0.15) is 0 Å². The first-order valence-electron chi connectivity index (χ1n) is 11.6. The minimum atomic E-state index is -0.106. The summed E-state index contributed by atoms with van der Waals surface area (Å²) in [6.07, 6.45) is 8.18. The number of carbonyl (C=O) groups excluding carboxylic acids is 1. The Bertz CT molecular complexity index is 1090. The number of pyridine rings is 1. The van der Waals surface area contributed by atoms with E-state index in [-0.39, 0.29) is 5.91 Å². The summed E-state index contributed by atoms with van der Waals surface area (Å²) in [7, 11) is 0. The number of carbonyl (C=O) groups is 1. The number of aromatic nitrogens is 1. The van der Waals surface area contributed by atoms with Crippen molar-refractivity contribution in [1.82, 2.24) is 10.3 Å². The summed E-state index contributed by atoms with van der Waals surface area (Å²) >= 11 is 0. The Balaban J connectivity index is 1.25. The molecule has 32 heavy (non-hydrogen) atoms. The first-order chi connectivity index (χ1) is 15.7. The van der Waals surface area contributed by atoms with E-state index in [1.807, 2.05) is 12.3 Å². The molecule has 0 bridgehead atoms. The fourth-order valence-electron chi connectivity index (χ4n) is 4.83. The van der Waals surface area contributed by atoms with Gasteiger partial charge in [-0.3, -0.25) is 4.79 Å². The zero-order valence-electron chi connectivity index (χ0n) is 18.6. The third-order valence-electron chi connectivity index (χ3n) is 6.60. The summed E-state index contributed by atoms with van der Waals surface area (Å²) in [4.78, 5) is 22.2. The lowest BCUT2D eigenvalue weighted by molar-refractivity contribution is 0.0949. The highest BCUT2D eigenvalue weighted by Gasteiger charge is 2.28. The molecular weight excluding hydrogens is 400 g/mol. The number of anilines is 2. The second-order valence-corrected chi connectivity index (χ2v) is 8.82. The van der Waals surface area contributed by atoms with Gasteiger partial charge in [0, 0.05) is 37.6 Å². The number of para-hydroxylation sites is 1. The average molecular weight is 431 g/mol. The summed E-state index contributed by atoms with van der Waals surface area (Å²) in [6, 6.07) is 14.7. The third kappa shape index (κ3) is 4.22. The Kier molecular flexibility index (Phi) is 5.84. The minimum absolute atomic E-state index is 0.106. The Morgan fingerprint density at radius 3 is 2.88 bits per heavy atom. The number of furan rings is 1. The third-order valence-corrected chi connectivity index (χ3v) is 6.60. The molecule has 1 saturated heterocycles. The number of hydrogen-bond donors (Lipinski definition) is 1. The summed E-state index contributed by atoms with van der Waals surface area (Å²) in [5.74, 6) is 1.60. The van der Waals surface area contributed by atoms with Crippen molar-refractivity contribution in [1.29, 1.82) is 0 Å². The number of fused-ring (bicyclic) bond motifs is 1. The molecule has 0 saturated carbocycles. The lowest BCUT2D eigenvalue weighted by atomic mass is 10.1. The molecule has 6 nitrogen and oxygen atoms in total. The molecule has 1 fully saturated rings. The number of amides is 1. The van der Waals surface area contributed by atoms with Gasteiger partial charge in [0.15, 0.2) is 0 Å². The van der Waals surface area contributed by atoms with Crippen LogP contribution in [0.25, 0.3) is 0 Å². The molecule has 1 atom stereocenters. The van der Waals surface area contributed by atoms with E-state index in [0.29, 0.717) is 30.5 Å². The summed E-state index contributed by atoms with van der Waals surface area (Å²) in [5, 5.41) is 3.06. The standard InChI is InChI=1S/C26H30N4O2/c1-19-15-21-7-3-4-8-23(21)30(19)18-24-22(10-14-32-24)26(31)28-17-20-9-11-27-25(16-20)29-12-5-2-6-13-29/h3-4,7-11,14,16,19H,2,5-6,12-13,15,17-18H2,1H3,(H,28,31). The Morgan fingerprint density at radius 2 is 2.00 bits per heavy atom. The van der Waals surface area contributed by atoms with Gasteiger partial charge < -0.3 is 19.5 Å². The molecule has 0 aliphatic carbocycles. The smallest absolute Gasteiger partial charge is 0.255 e. The Hall–Kier alpha value is -3.28. The first kappa shape index (κ1) is 20.6. The molecule has 0 radical (unpaired) electrons. The van der Waals surface area contributed by atoms with Gasteiger partial charge in [-0.05, 0) is 68.0 Å². The summed E-state index contributed by atoms with van der Waals surface area (Å²) in [6.45, 7) is 5.38. The number of benzene rings is 1. The molecule has 166 valence electrons. The van der Waals surface area contributed by atoms with Crippen LogP contribution in [0.5, 0.6) is 0 Å². The molecule has 4 heterocycles. The van der Waals surface area contributed by atoms with E-state index in [1.165, 1.54) is 30.5 Å². The monoisotopic (exact) mass is 430 g/mol. The van der Waals surface area contributed by atoms with Gasteiger partial charge >= 0.3 is 0 Å². The van der Waals surface area contributed by atoms with Gasteiger partial charge in [-0.25, -0.2) is 4.98 Å². The van der Waals surface area contributed by atoms with E-state index in [4.69, 9.17) is 4.42 Å². The van der Waals surface area contributed by atoms with Gasteiger partial charge in [0.05, 0.1) is 18.4 Å². The second-order valence-electron chi connectivity index (χ2n) is 8.82. The molecule has 6 heteroatoms. The maximum absolute atomic E-state index is 13.0. The molecule has 2 aliphatic heterocycles. The molecular formula is C26H30N4O2. The van der Waals surface area contributed by atoms with Crippen molar-refractivity contribution in [3.05, 3.63) is 77.4 Å². The number of piperidine rings is 1. The van der Waals surface area contributed by atoms with Crippen LogP contribution in [-0.2, 0) is 19.5 Å². The quantitative estimate of drug-likeness (QED) is 0.622. The van der Waals surface area contributed by atoms with Gasteiger partial charge in [0.2, 0.25) is 0 Å². The molecule has 1 N–H and O–H groups in total. The predicted molar refractivity (Wildman–Crippen MR) is 126 cm³/mol. The summed E-state index contributed by atoms with van der Waals surface area (Å²) < 4.78 is 5.74. The summed E-state index contributed by atoms with van der Waals surface area (Å²) in [5.41, 5.74) is 4.23. The second kappa shape index (κ2) is 9.07. The molecule has 1 aromatic carbocycles. The van der Waals surface area contributed by atoms with Crippen molar-refractivity contribution in [3.63, 3.8) is 0 Å². The van der Waals surface area contributed by atoms with Crippen LogP contribution in [0.2, 0.25) is 0 Å². The zero-order valence-corrected chi connectivity index (χ0v) is 18.6. The van der Waals surface area contributed by atoms with Crippen LogP contribution in [0.15, 0.2) is 59.3 Å². The van der Waals surface area contributed by atoms with E-state index in [2.05, 4.69) is 57.4 Å². The highest BCUT2D eigenvalue weighted by molar-refractivity contribution is 5.95. The molecule has 1 amide bonds. The normalized spacial score (nSPS) is 18.0. The number of nitrogens with zero attached hydrogens (tertiary/aromatic N) is 3. The maximum Gasteiger partial charge on any atom is 0.255 e. The van der Waals surface area contributed by atoms with E-state index < -0.39 is 0 Å². The fraction of sp³-hybridized carbons (Fsp3) is 0.385. The van der Waals surface area contributed by atoms with Crippen LogP contribution < -0.4 is 15.1 Å². The average Bonchev–Trinajstić information content (AvgIpc) is 3.43. The Morgan fingerprint density at radius 1 is 1.16 bits per heavy atom. The van der Waals surface area contributed by atoms with Crippen molar-refractivity contribution in [3.8, 4) is 0 Å². The van der Waals surface area contributed by atoms with Crippen molar-refractivity contribution in [2.24, 2.45) is 0 Å². The highest BCUT2D eigenvalue weighted by Crippen LogP contribution is 2.33. The van der Waals surface area contributed by atoms with Crippen LogP contribution in [0, 0.1) is 0 Å². The van der Waals surface area contributed by atoms with Crippen molar-refractivity contribution in [2.75, 3.05) is 22.9 Å². The molecule has 2 aliphatic rings. The van der Waals surface area contributed by atoms with E-state index in [1.54, 1.807) is 12.3 Å². The molecule has 3 aromatic rings. The van der Waals surface area contributed by atoms with E-state index >= 15 is 0 Å².